The highest BCUT2D eigenvalue weighted by Gasteiger charge is 2.50. The van der Waals surface area contributed by atoms with Crippen LogP contribution in [0.1, 0.15) is 89.9 Å². The molecule has 6 unspecified atom stereocenters. The van der Waals surface area contributed by atoms with Crippen LogP contribution in [0.3, 0.4) is 0 Å². The zero-order valence-electron chi connectivity index (χ0n) is 20.3. The molecule has 2 aliphatic carbocycles. The van der Waals surface area contributed by atoms with E-state index in [9.17, 15) is 14.4 Å². The lowest BCUT2D eigenvalue weighted by Gasteiger charge is -2.17. The van der Waals surface area contributed by atoms with Gasteiger partial charge < -0.3 is 23.7 Å². The van der Waals surface area contributed by atoms with E-state index in [0.29, 0.717) is 50.8 Å². The molecule has 0 amide bonds. The number of hydrogen-bond donors (Lipinski definition) is 0. The number of carbonyl (C=O) groups excluding carboxylic acids is 3. The molecule has 0 bridgehead atoms. The monoisotopic (exact) mass is 480 g/mol. The van der Waals surface area contributed by atoms with Crippen LogP contribution in [0.15, 0.2) is 0 Å². The number of hydrogen-bond acceptors (Lipinski definition) is 8. The minimum absolute atomic E-state index is 0.0820. The van der Waals surface area contributed by atoms with Crippen molar-refractivity contribution in [2.24, 2.45) is 11.8 Å². The van der Waals surface area contributed by atoms with Crippen LogP contribution in [0.4, 0.5) is 0 Å². The Labute approximate surface area is 202 Å². The molecule has 2 aliphatic heterocycles. The standard InChI is InChI=1S/C26H40O8/c27-22(13-3-2-6-16-31-26(29)19-10-8-12-21-25(19)34-21)30-15-5-1-4-14-23(28)32-17-18-9-7-11-20-24(18)33-20/h18-21,24-25H,1-17H2. The molecule has 0 aromatic carbocycles. The molecule has 0 aromatic rings. The van der Waals surface area contributed by atoms with Crippen molar-refractivity contribution in [2.45, 2.75) is 114 Å². The summed E-state index contributed by atoms with van der Waals surface area (Å²) < 4.78 is 27.2. The van der Waals surface area contributed by atoms with Crippen molar-refractivity contribution < 1.29 is 38.1 Å². The molecule has 0 spiro atoms. The normalized spacial score (nSPS) is 31.1. The fourth-order valence-electron chi connectivity index (χ4n) is 5.33. The van der Waals surface area contributed by atoms with Crippen molar-refractivity contribution in [1.82, 2.24) is 0 Å². The van der Waals surface area contributed by atoms with E-state index in [0.717, 1.165) is 77.0 Å². The van der Waals surface area contributed by atoms with Crippen molar-refractivity contribution in [3.8, 4) is 0 Å². The molecule has 192 valence electrons. The molecule has 8 nitrogen and oxygen atoms in total. The predicted octanol–water partition coefficient (Wildman–Crippen LogP) is 3.87. The number of unbranched alkanes of at least 4 members (excludes halogenated alkanes) is 4. The highest BCUT2D eigenvalue weighted by molar-refractivity contribution is 5.74. The van der Waals surface area contributed by atoms with Gasteiger partial charge in [-0.2, -0.15) is 0 Å². The molecule has 2 heterocycles. The van der Waals surface area contributed by atoms with Crippen LogP contribution in [0, 0.1) is 11.8 Å². The number of carbonyl (C=O) groups is 3. The quantitative estimate of drug-likeness (QED) is 0.151. The minimum atomic E-state index is -0.191. The maximum absolute atomic E-state index is 12.1. The Bertz CT molecular complexity index is 694. The number of rotatable bonds is 15. The molecule has 4 aliphatic rings. The third kappa shape index (κ3) is 7.94. The van der Waals surface area contributed by atoms with Gasteiger partial charge in [0.1, 0.15) is 0 Å². The van der Waals surface area contributed by atoms with Gasteiger partial charge in [0, 0.05) is 18.8 Å². The Morgan fingerprint density at radius 3 is 2.03 bits per heavy atom. The molecule has 0 N–H and O–H groups in total. The molecule has 34 heavy (non-hydrogen) atoms. The van der Waals surface area contributed by atoms with E-state index < -0.39 is 0 Å². The summed E-state index contributed by atoms with van der Waals surface area (Å²) in [6.07, 6.45) is 12.9. The molecule has 4 rings (SSSR count). The van der Waals surface area contributed by atoms with E-state index in [-0.39, 0.29) is 36.0 Å². The van der Waals surface area contributed by atoms with Crippen LogP contribution in [0.25, 0.3) is 0 Å². The van der Waals surface area contributed by atoms with E-state index in [1.165, 1.54) is 0 Å². The van der Waals surface area contributed by atoms with Gasteiger partial charge in [0.15, 0.2) is 0 Å². The largest absolute Gasteiger partial charge is 0.466 e. The molecule has 2 saturated heterocycles. The number of epoxide rings is 2. The van der Waals surface area contributed by atoms with Crippen molar-refractivity contribution in [2.75, 3.05) is 19.8 Å². The van der Waals surface area contributed by atoms with Gasteiger partial charge in [-0.05, 0) is 70.6 Å². The van der Waals surface area contributed by atoms with Crippen molar-refractivity contribution in [3.05, 3.63) is 0 Å². The van der Waals surface area contributed by atoms with Gasteiger partial charge in [-0.25, -0.2) is 0 Å². The van der Waals surface area contributed by atoms with E-state index in [1.807, 2.05) is 0 Å². The summed E-state index contributed by atoms with van der Waals surface area (Å²) in [7, 11) is 0. The maximum atomic E-state index is 12.1. The van der Waals surface area contributed by atoms with E-state index in [4.69, 9.17) is 23.7 Å². The van der Waals surface area contributed by atoms with Crippen LogP contribution in [-0.2, 0) is 38.1 Å². The Balaban J connectivity index is 0.902. The first-order chi connectivity index (χ1) is 16.6. The molecule has 8 heteroatoms. The van der Waals surface area contributed by atoms with E-state index in [1.54, 1.807) is 0 Å². The van der Waals surface area contributed by atoms with E-state index in [2.05, 4.69) is 0 Å². The summed E-state index contributed by atoms with van der Waals surface area (Å²) in [5, 5.41) is 0. The fourth-order valence-corrected chi connectivity index (χ4v) is 5.33. The van der Waals surface area contributed by atoms with Crippen LogP contribution >= 0.6 is 0 Å². The lowest BCUT2D eigenvalue weighted by atomic mass is 9.89. The van der Waals surface area contributed by atoms with Crippen LogP contribution in [0.5, 0.6) is 0 Å². The Kier molecular flexibility index (Phi) is 9.62. The molecular weight excluding hydrogens is 440 g/mol. The second-order valence-corrected chi connectivity index (χ2v) is 10.2. The first kappa shape index (κ1) is 25.4. The predicted molar refractivity (Wildman–Crippen MR) is 122 cm³/mol. The first-order valence-corrected chi connectivity index (χ1v) is 13.4. The summed E-state index contributed by atoms with van der Waals surface area (Å²) in [5.41, 5.74) is 0. The van der Waals surface area contributed by atoms with E-state index >= 15 is 0 Å². The molecule has 0 aromatic heterocycles. The van der Waals surface area contributed by atoms with Crippen molar-refractivity contribution in [1.29, 1.82) is 0 Å². The average Bonchev–Trinajstić information content (AvgIpc) is 3.75. The highest BCUT2D eigenvalue weighted by atomic mass is 16.6. The highest BCUT2D eigenvalue weighted by Crippen LogP contribution is 2.41. The third-order valence-corrected chi connectivity index (χ3v) is 7.49. The van der Waals surface area contributed by atoms with Gasteiger partial charge in [0.05, 0.1) is 50.2 Å². The zero-order valence-corrected chi connectivity index (χ0v) is 20.3. The zero-order chi connectivity index (χ0) is 23.8. The topological polar surface area (TPSA) is 104 Å². The lowest BCUT2D eigenvalue weighted by molar-refractivity contribution is -0.150. The Hall–Kier alpha value is -1.67. The second kappa shape index (κ2) is 12.9. The SMILES string of the molecule is O=C(CCCCCOC(=O)C1CCCC2OC21)OCCCCCC(=O)OCC1CCCC2OC12. The van der Waals surface area contributed by atoms with Gasteiger partial charge in [-0.1, -0.05) is 6.42 Å². The Morgan fingerprint density at radius 2 is 1.26 bits per heavy atom. The number of fused-ring (bicyclic) bond motifs is 2. The summed E-state index contributed by atoms with van der Waals surface area (Å²) in [5.74, 6) is -0.173. The third-order valence-electron chi connectivity index (χ3n) is 7.49. The molecule has 6 atom stereocenters. The average molecular weight is 481 g/mol. The summed E-state index contributed by atoms with van der Waals surface area (Å²) in [6, 6.07) is 0. The lowest BCUT2D eigenvalue weighted by Crippen LogP contribution is -2.27. The van der Waals surface area contributed by atoms with Gasteiger partial charge in [0.2, 0.25) is 0 Å². The van der Waals surface area contributed by atoms with Crippen molar-refractivity contribution >= 4 is 17.9 Å². The van der Waals surface area contributed by atoms with Gasteiger partial charge in [-0.15, -0.1) is 0 Å². The number of esters is 3. The maximum Gasteiger partial charge on any atom is 0.311 e. The molecule has 2 saturated carbocycles. The van der Waals surface area contributed by atoms with Gasteiger partial charge >= 0.3 is 17.9 Å². The van der Waals surface area contributed by atoms with Crippen LogP contribution in [-0.4, -0.2) is 62.1 Å². The first-order valence-electron chi connectivity index (χ1n) is 13.4. The smallest absolute Gasteiger partial charge is 0.311 e. The minimum Gasteiger partial charge on any atom is -0.466 e. The molecule has 0 radical (unpaired) electrons. The van der Waals surface area contributed by atoms with Gasteiger partial charge in [0.25, 0.3) is 0 Å². The van der Waals surface area contributed by atoms with Crippen molar-refractivity contribution in [3.63, 3.8) is 0 Å². The summed E-state index contributed by atoms with van der Waals surface area (Å²) in [4.78, 5) is 35.8. The number of ether oxygens (including phenoxy) is 5. The Morgan fingerprint density at radius 1 is 0.647 bits per heavy atom. The second-order valence-electron chi connectivity index (χ2n) is 10.2. The molecular formula is C26H40O8. The summed E-state index contributed by atoms with van der Waals surface area (Å²) >= 11 is 0. The summed E-state index contributed by atoms with van der Waals surface area (Å²) in [6.45, 7) is 1.27. The molecule has 4 fully saturated rings. The van der Waals surface area contributed by atoms with Crippen LogP contribution < -0.4 is 0 Å². The van der Waals surface area contributed by atoms with Crippen LogP contribution in [0.2, 0.25) is 0 Å². The van der Waals surface area contributed by atoms with Gasteiger partial charge in [-0.3, -0.25) is 14.4 Å². The fraction of sp³-hybridized carbons (Fsp3) is 0.885.